The largest absolute Gasteiger partial charge is 0.403 e. The summed E-state index contributed by atoms with van der Waals surface area (Å²) in [6.45, 7) is 4.47. The van der Waals surface area contributed by atoms with Crippen LogP contribution in [0.25, 0.3) is 16.7 Å². The molecule has 4 N–H and O–H groups in total. The number of benzene rings is 1. The Bertz CT molecular complexity index is 1530. The summed E-state index contributed by atoms with van der Waals surface area (Å²) >= 11 is 0. The molecule has 0 spiro atoms. The number of allylic oxidation sites excluding steroid dienone is 2. The van der Waals surface area contributed by atoms with Crippen LogP contribution in [0.4, 0.5) is 27.6 Å². The van der Waals surface area contributed by atoms with Gasteiger partial charge in [0.2, 0.25) is 0 Å². The van der Waals surface area contributed by atoms with Crippen LogP contribution in [0.5, 0.6) is 0 Å². The van der Waals surface area contributed by atoms with E-state index in [0.29, 0.717) is 11.3 Å². The first kappa shape index (κ1) is 28.5. The normalized spacial score (nSPS) is 21.8. The molecule has 0 saturated carbocycles. The van der Waals surface area contributed by atoms with Crippen LogP contribution in [-0.2, 0) is 5.54 Å². The molecular formula is C28H29F5N8. The van der Waals surface area contributed by atoms with E-state index in [2.05, 4.69) is 26.7 Å². The second kappa shape index (κ2) is 10.1. The number of aromatic nitrogens is 4. The highest BCUT2D eigenvalue weighted by Gasteiger charge is 2.58. The van der Waals surface area contributed by atoms with Gasteiger partial charge in [-0.05, 0) is 44.5 Å². The first-order valence-electron chi connectivity index (χ1n) is 13.0. The molecule has 1 aliphatic heterocycles. The van der Waals surface area contributed by atoms with Crippen molar-refractivity contribution in [2.45, 2.75) is 57.0 Å². The molecule has 1 aliphatic carbocycles. The van der Waals surface area contributed by atoms with Gasteiger partial charge in [-0.2, -0.15) is 28.6 Å². The molecule has 8 nitrogen and oxygen atoms in total. The number of halogens is 5. The number of alkyl halides is 3. The molecule has 3 aromatic rings. The van der Waals surface area contributed by atoms with Gasteiger partial charge < -0.3 is 5.73 Å². The van der Waals surface area contributed by atoms with E-state index in [4.69, 9.17) is 5.73 Å². The number of nitrogen functional groups attached to an aromatic ring is 1. The van der Waals surface area contributed by atoms with E-state index in [1.54, 1.807) is 17.1 Å². The SMILES string of the molecule is Cc1n[nH]c(C)c1-c1cnn(C2(CC#N)CN(C3(N[C@@H](C)C(F)(F)F)CC(F)=C(c4ccc(N)cc4)C=C3F)C2)c1. The average molecular weight is 573 g/mol. The molecule has 1 unspecified atom stereocenters. The van der Waals surface area contributed by atoms with Crippen LogP contribution in [0.1, 0.15) is 36.7 Å². The number of anilines is 1. The number of hydrogen-bond donors (Lipinski definition) is 3. The van der Waals surface area contributed by atoms with E-state index in [9.17, 15) is 18.4 Å². The lowest BCUT2D eigenvalue weighted by molar-refractivity contribution is -0.170. The van der Waals surface area contributed by atoms with E-state index < -0.39 is 41.5 Å². The first-order valence-corrected chi connectivity index (χ1v) is 13.0. The van der Waals surface area contributed by atoms with E-state index in [1.807, 2.05) is 13.8 Å². The molecule has 13 heteroatoms. The second-order valence-corrected chi connectivity index (χ2v) is 10.8. The molecule has 2 atom stereocenters. The number of nitrogens with zero attached hydrogens (tertiary/aromatic N) is 5. The van der Waals surface area contributed by atoms with E-state index >= 15 is 8.78 Å². The van der Waals surface area contributed by atoms with E-state index in [0.717, 1.165) is 35.5 Å². The summed E-state index contributed by atoms with van der Waals surface area (Å²) in [5.41, 5.74) is 6.50. The third kappa shape index (κ3) is 4.91. The Balaban J connectivity index is 1.50. The number of nitriles is 1. The molecule has 1 fully saturated rings. The summed E-state index contributed by atoms with van der Waals surface area (Å²) in [5, 5.41) is 23.6. The van der Waals surface area contributed by atoms with Crippen LogP contribution in [0.3, 0.4) is 0 Å². The van der Waals surface area contributed by atoms with Crippen molar-refractivity contribution < 1.29 is 22.0 Å². The zero-order valence-electron chi connectivity index (χ0n) is 22.7. The van der Waals surface area contributed by atoms with Gasteiger partial charge in [0.25, 0.3) is 0 Å². The van der Waals surface area contributed by atoms with Gasteiger partial charge in [-0.15, -0.1) is 0 Å². The predicted octanol–water partition coefficient (Wildman–Crippen LogP) is 5.27. The molecule has 41 heavy (non-hydrogen) atoms. The van der Waals surface area contributed by atoms with Crippen molar-refractivity contribution in [1.82, 2.24) is 30.2 Å². The number of hydrogen-bond acceptors (Lipinski definition) is 6. The molecule has 1 saturated heterocycles. The standard InChI is InChI=1S/C28H29F5N8/c1-16-25(17(2)39-38-16)20-12-36-41(13-20)26(8-9-34)14-40(15-26)27(37-18(3)28(31,32)33)11-23(29)22(10-24(27)30)19-4-6-21(35)7-5-19/h4-7,10,12-13,18,37H,8,11,14-15,35H2,1-3H3,(H,38,39)/t18-,27?/m0/s1. The van der Waals surface area contributed by atoms with Crippen LogP contribution in [0, 0.1) is 25.2 Å². The average Bonchev–Trinajstić information content (AvgIpc) is 3.49. The Morgan fingerprint density at radius 2 is 1.85 bits per heavy atom. The number of rotatable bonds is 7. The molecule has 2 aliphatic rings. The Kier molecular flexibility index (Phi) is 7.03. The van der Waals surface area contributed by atoms with Crippen LogP contribution in [-0.4, -0.2) is 55.8 Å². The summed E-state index contributed by atoms with van der Waals surface area (Å²) < 4.78 is 74.5. The lowest BCUT2D eigenvalue weighted by atomic mass is 9.80. The van der Waals surface area contributed by atoms with Gasteiger partial charge in [0.1, 0.15) is 28.9 Å². The third-order valence-corrected chi connectivity index (χ3v) is 7.94. The Hall–Kier alpha value is -4.02. The summed E-state index contributed by atoms with van der Waals surface area (Å²) in [4.78, 5) is 1.41. The lowest BCUT2D eigenvalue weighted by Crippen LogP contribution is -2.75. The van der Waals surface area contributed by atoms with E-state index in [1.165, 1.54) is 29.2 Å². The molecule has 0 radical (unpaired) electrons. The van der Waals surface area contributed by atoms with Crippen molar-refractivity contribution in [2.75, 3.05) is 18.8 Å². The minimum atomic E-state index is -4.71. The quantitative estimate of drug-likeness (QED) is 0.263. The number of nitrogens with one attached hydrogen (secondary N) is 2. The monoisotopic (exact) mass is 572 g/mol. The van der Waals surface area contributed by atoms with Crippen LogP contribution >= 0.6 is 0 Å². The zero-order chi connectivity index (χ0) is 29.7. The highest BCUT2D eigenvalue weighted by atomic mass is 19.4. The van der Waals surface area contributed by atoms with Gasteiger partial charge in [-0.3, -0.25) is 20.0 Å². The minimum Gasteiger partial charge on any atom is -0.399 e. The summed E-state index contributed by atoms with van der Waals surface area (Å²) in [6, 6.07) is 6.08. The molecule has 1 aromatic carbocycles. The maximum atomic E-state index is 16.1. The molecule has 0 amide bonds. The van der Waals surface area contributed by atoms with Gasteiger partial charge in [0, 0.05) is 53.8 Å². The van der Waals surface area contributed by atoms with Gasteiger partial charge in [-0.25, -0.2) is 8.78 Å². The Morgan fingerprint density at radius 3 is 2.44 bits per heavy atom. The van der Waals surface area contributed by atoms with Crippen LogP contribution < -0.4 is 11.1 Å². The number of H-pyrrole nitrogens is 1. The molecular weight excluding hydrogens is 543 g/mol. The summed E-state index contributed by atoms with van der Waals surface area (Å²) in [5.74, 6) is -1.73. The van der Waals surface area contributed by atoms with Gasteiger partial charge in [-0.1, -0.05) is 12.1 Å². The van der Waals surface area contributed by atoms with Gasteiger partial charge >= 0.3 is 6.18 Å². The number of likely N-dealkylation sites (tertiary alicyclic amines) is 1. The number of aromatic amines is 1. The zero-order valence-corrected chi connectivity index (χ0v) is 22.7. The fraction of sp³-hybridized carbons (Fsp3) is 0.393. The van der Waals surface area contributed by atoms with Crippen molar-refractivity contribution in [3.63, 3.8) is 0 Å². The first-order chi connectivity index (χ1) is 19.3. The van der Waals surface area contributed by atoms with Crippen molar-refractivity contribution in [2.24, 2.45) is 0 Å². The fourth-order valence-corrected chi connectivity index (χ4v) is 5.65. The van der Waals surface area contributed by atoms with Gasteiger partial charge in [0.15, 0.2) is 0 Å². The summed E-state index contributed by atoms with van der Waals surface area (Å²) in [7, 11) is 0. The Morgan fingerprint density at radius 1 is 1.17 bits per heavy atom. The maximum absolute atomic E-state index is 16.1. The van der Waals surface area contributed by atoms with Crippen LogP contribution in [0.2, 0.25) is 0 Å². The van der Waals surface area contributed by atoms with Crippen molar-refractivity contribution in [3.05, 3.63) is 71.3 Å². The smallest absolute Gasteiger partial charge is 0.399 e. The number of nitrogens with two attached hydrogens (primary N) is 1. The highest BCUT2D eigenvalue weighted by molar-refractivity contribution is 5.78. The summed E-state index contributed by atoms with van der Waals surface area (Å²) in [6.07, 6.45) is -1.15. The number of aryl methyl sites for hydroxylation is 2. The second-order valence-electron chi connectivity index (χ2n) is 10.8. The Labute approximate surface area is 233 Å². The van der Waals surface area contributed by atoms with Gasteiger partial charge in [0.05, 0.1) is 24.4 Å². The molecule has 216 valence electrons. The molecule has 0 bridgehead atoms. The molecule has 5 rings (SSSR count). The fourth-order valence-electron chi connectivity index (χ4n) is 5.65. The molecule has 2 aromatic heterocycles. The maximum Gasteiger partial charge on any atom is 0.403 e. The van der Waals surface area contributed by atoms with Crippen LogP contribution in [0.15, 0.2) is 54.4 Å². The predicted molar refractivity (Wildman–Crippen MR) is 143 cm³/mol. The topological polar surface area (TPSA) is 112 Å². The lowest BCUT2D eigenvalue weighted by Gasteiger charge is -2.58. The van der Waals surface area contributed by atoms with Crippen molar-refractivity contribution in [3.8, 4) is 17.2 Å². The minimum absolute atomic E-state index is 0.0424. The van der Waals surface area contributed by atoms with Crippen molar-refractivity contribution in [1.29, 1.82) is 5.26 Å². The van der Waals surface area contributed by atoms with Crippen molar-refractivity contribution >= 4 is 11.3 Å². The highest BCUT2D eigenvalue weighted by Crippen LogP contribution is 2.47. The third-order valence-electron chi connectivity index (χ3n) is 7.94. The molecule has 3 heterocycles. The van der Waals surface area contributed by atoms with E-state index in [-0.39, 0.29) is 25.1 Å².